The number of benzene rings is 1. The predicted molar refractivity (Wildman–Crippen MR) is 89.3 cm³/mol. The van der Waals surface area contributed by atoms with E-state index in [0.717, 1.165) is 21.4 Å². The highest BCUT2D eigenvalue weighted by molar-refractivity contribution is 9.10. The van der Waals surface area contributed by atoms with Gasteiger partial charge in [0.05, 0.1) is 23.4 Å². The highest BCUT2D eigenvalue weighted by Crippen LogP contribution is 2.41. The van der Waals surface area contributed by atoms with Crippen molar-refractivity contribution in [1.29, 1.82) is 0 Å². The van der Waals surface area contributed by atoms with Crippen molar-refractivity contribution in [3.05, 3.63) is 27.2 Å². The smallest absolute Gasteiger partial charge is 0.347 e. The highest BCUT2D eigenvalue weighted by atomic mass is 79.9. The number of carboxylic acids is 1. The minimum Gasteiger partial charge on any atom is -0.493 e. The number of aromatic carboxylic acids is 1. The van der Waals surface area contributed by atoms with E-state index in [4.69, 9.17) is 14.6 Å². The molecule has 0 fully saturated rings. The first-order chi connectivity index (χ1) is 10.3. The van der Waals surface area contributed by atoms with Gasteiger partial charge < -0.3 is 14.6 Å². The van der Waals surface area contributed by atoms with Gasteiger partial charge in [-0.1, -0.05) is 0 Å². The van der Waals surface area contributed by atoms with Gasteiger partial charge in [0.15, 0.2) is 11.5 Å². The lowest BCUT2D eigenvalue weighted by molar-refractivity contribution is 0.0701. The van der Waals surface area contributed by atoms with Gasteiger partial charge in [-0.2, -0.15) is 0 Å². The summed E-state index contributed by atoms with van der Waals surface area (Å²) in [5.41, 5.74) is 1.28. The largest absolute Gasteiger partial charge is 0.493 e. The quantitative estimate of drug-likeness (QED) is 0.826. The summed E-state index contributed by atoms with van der Waals surface area (Å²) in [7, 11) is 1.56. The number of rotatable bonds is 5. The van der Waals surface area contributed by atoms with E-state index in [9.17, 15) is 4.79 Å². The molecule has 0 aliphatic heterocycles. The molecule has 0 radical (unpaired) electrons. The van der Waals surface area contributed by atoms with Crippen LogP contribution in [-0.4, -0.2) is 29.3 Å². The molecule has 0 saturated heterocycles. The summed E-state index contributed by atoms with van der Waals surface area (Å²) in [5.74, 6) is 0.225. The average molecular weight is 386 g/mol. The Morgan fingerprint density at radius 3 is 2.59 bits per heavy atom. The zero-order chi connectivity index (χ0) is 16.4. The van der Waals surface area contributed by atoms with E-state index in [-0.39, 0.29) is 11.0 Å². The molecule has 1 aromatic heterocycles. The van der Waals surface area contributed by atoms with E-state index in [1.165, 1.54) is 0 Å². The first kappa shape index (κ1) is 16.8. The highest BCUT2D eigenvalue weighted by Gasteiger charge is 2.19. The minimum absolute atomic E-state index is 0.0109. The van der Waals surface area contributed by atoms with Crippen molar-refractivity contribution < 1.29 is 19.4 Å². The van der Waals surface area contributed by atoms with E-state index in [1.54, 1.807) is 20.1 Å². The summed E-state index contributed by atoms with van der Waals surface area (Å²) in [6, 6.07) is 3.65. The maximum Gasteiger partial charge on any atom is 0.347 e. The van der Waals surface area contributed by atoms with Crippen LogP contribution in [0.25, 0.3) is 10.6 Å². The maximum absolute atomic E-state index is 11.1. The third kappa shape index (κ3) is 3.41. The molecule has 1 N–H and O–H groups in total. The van der Waals surface area contributed by atoms with Crippen LogP contribution in [0.2, 0.25) is 0 Å². The van der Waals surface area contributed by atoms with Gasteiger partial charge in [0.1, 0.15) is 9.88 Å². The summed E-state index contributed by atoms with van der Waals surface area (Å²) >= 11 is 4.61. The van der Waals surface area contributed by atoms with Crippen molar-refractivity contribution in [2.75, 3.05) is 7.11 Å². The summed E-state index contributed by atoms with van der Waals surface area (Å²) in [6.07, 6.45) is 0.0109. The topological polar surface area (TPSA) is 68.7 Å². The monoisotopic (exact) mass is 385 g/mol. The molecule has 0 aliphatic rings. The molecule has 0 atom stereocenters. The van der Waals surface area contributed by atoms with Crippen LogP contribution in [0, 0.1) is 6.92 Å². The lowest BCUT2D eigenvalue weighted by Crippen LogP contribution is -2.07. The van der Waals surface area contributed by atoms with E-state index in [0.29, 0.717) is 22.2 Å². The van der Waals surface area contributed by atoms with Crippen LogP contribution in [0.5, 0.6) is 11.5 Å². The second kappa shape index (κ2) is 6.66. The molecule has 118 valence electrons. The normalized spacial score (nSPS) is 10.8. The predicted octanol–water partition coefficient (Wildman–Crippen LogP) is 4.38. The molecule has 0 bridgehead atoms. The van der Waals surface area contributed by atoms with Crippen LogP contribution in [-0.2, 0) is 0 Å². The Hall–Kier alpha value is -1.60. The molecule has 0 aliphatic carbocycles. The summed E-state index contributed by atoms with van der Waals surface area (Å²) in [4.78, 5) is 15.7. The standard InChI is InChI=1S/C15H16BrNO4S/c1-7(2)21-12-10(16)5-9(6-11(12)20-4)14-17-8(3)13(22-14)15(18)19/h5-7H,1-4H3,(H,18,19). The Labute approximate surface area is 141 Å². The van der Waals surface area contributed by atoms with Crippen molar-refractivity contribution >= 4 is 33.2 Å². The fraction of sp³-hybridized carbons (Fsp3) is 0.333. The number of carbonyl (C=O) groups is 1. The number of carboxylic acid groups (broad SMARTS) is 1. The Morgan fingerprint density at radius 2 is 2.09 bits per heavy atom. The van der Waals surface area contributed by atoms with E-state index >= 15 is 0 Å². The number of methoxy groups -OCH3 is 1. The number of hydrogen-bond donors (Lipinski definition) is 1. The second-order valence-electron chi connectivity index (χ2n) is 4.89. The van der Waals surface area contributed by atoms with Gasteiger partial charge in [0.25, 0.3) is 0 Å². The molecule has 5 nitrogen and oxygen atoms in total. The number of hydrogen-bond acceptors (Lipinski definition) is 5. The minimum atomic E-state index is -0.966. The van der Waals surface area contributed by atoms with E-state index in [1.807, 2.05) is 19.9 Å². The number of nitrogens with zero attached hydrogens (tertiary/aromatic N) is 1. The second-order valence-corrected chi connectivity index (χ2v) is 6.75. The van der Waals surface area contributed by atoms with Gasteiger partial charge in [-0.05, 0) is 48.8 Å². The summed E-state index contributed by atoms with van der Waals surface area (Å²) in [5, 5.41) is 9.77. The van der Waals surface area contributed by atoms with Crippen LogP contribution < -0.4 is 9.47 Å². The fourth-order valence-corrected chi connectivity index (χ4v) is 3.34. The zero-order valence-corrected chi connectivity index (χ0v) is 15.0. The van der Waals surface area contributed by atoms with Gasteiger partial charge >= 0.3 is 5.97 Å². The molecule has 22 heavy (non-hydrogen) atoms. The van der Waals surface area contributed by atoms with Crippen molar-refractivity contribution in [2.24, 2.45) is 0 Å². The molecular weight excluding hydrogens is 370 g/mol. The van der Waals surface area contributed by atoms with Gasteiger partial charge in [-0.15, -0.1) is 11.3 Å². The lowest BCUT2D eigenvalue weighted by Gasteiger charge is -2.16. The first-order valence-corrected chi connectivity index (χ1v) is 8.19. The number of ether oxygens (including phenoxy) is 2. The van der Waals surface area contributed by atoms with Crippen LogP contribution in [0.15, 0.2) is 16.6 Å². The number of halogens is 1. The molecule has 0 amide bonds. The third-order valence-corrected chi connectivity index (χ3v) is 4.60. The Morgan fingerprint density at radius 1 is 1.41 bits per heavy atom. The average Bonchev–Trinajstić information content (AvgIpc) is 2.82. The Kier molecular flexibility index (Phi) is 5.08. The lowest BCUT2D eigenvalue weighted by atomic mass is 10.2. The Balaban J connectivity index is 2.51. The van der Waals surface area contributed by atoms with Crippen molar-refractivity contribution in [2.45, 2.75) is 26.9 Å². The third-order valence-electron chi connectivity index (χ3n) is 2.82. The molecule has 0 unspecified atom stereocenters. The zero-order valence-electron chi connectivity index (χ0n) is 12.6. The van der Waals surface area contributed by atoms with Crippen molar-refractivity contribution in [3.63, 3.8) is 0 Å². The first-order valence-electron chi connectivity index (χ1n) is 6.58. The molecular formula is C15H16BrNO4S. The van der Waals surface area contributed by atoms with Crippen LogP contribution >= 0.6 is 27.3 Å². The molecule has 2 aromatic rings. The van der Waals surface area contributed by atoms with Gasteiger partial charge in [0, 0.05) is 5.56 Å². The summed E-state index contributed by atoms with van der Waals surface area (Å²) < 4.78 is 11.9. The van der Waals surface area contributed by atoms with E-state index < -0.39 is 5.97 Å². The van der Waals surface area contributed by atoms with E-state index in [2.05, 4.69) is 20.9 Å². The molecule has 1 aromatic carbocycles. The van der Waals surface area contributed by atoms with Crippen LogP contribution in [0.4, 0.5) is 0 Å². The molecule has 0 saturated carbocycles. The van der Waals surface area contributed by atoms with Gasteiger partial charge in [0.2, 0.25) is 0 Å². The van der Waals surface area contributed by atoms with Crippen molar-refractivity contribution in [1.82, 2.24) is 4.98 Å². The van der Waals surface area contributed by atoms with Crippen LogP contribution in [0.1, 0.15) is 29.2 Å². The molecule has 0 spiro atoms. The SMILES string of the molecule is COc1cc(-c2nc(C)c(C(=O)O)s2)cc(Br)c1OC(C)C. The Bertz CT molecular complexity index is 712. The fourth-order valence-electron chi connectivity index (χ4n) is 1.91. The summed E-state index contributed by atoms with van der Waals surface area (Å²) in [6.45, 7) is 5.55. The number of thiazole rings is 1. The maximum atomic E-state index is 11.1. The van der Waals surface area contributed by atoms with Gasteiger partial charge in [-0.25, -0.2) is 9.78 Å². The van der Waals surface area contributed by atoms with Crippen LogP contribution in [0.3, 0.4) is 0 Å². The van der Waals surface area contributed by atoms with Crippen molar-refractivity contribution in [3.8, 4) is 22.1 Å². The number of aromatic nitrogens is 1. The van der Waals surface area contributed by atoms with Gasteiger partial charge in [-0.3, -0.25) is 0 Å². The number of aryl methyl sites for hydroxylation is 1. The molecule has 1 heterocycles. The molecule has 7 heteroatoms. The molecule has 2 rings (SSSR count).